The van der Waals surface area contributed by atoms with Crippen LogP contribution in [0.25, 0.3) is 6.08 Å². The Labute approximate surface area is 195 Å². The summed E-state index contributed by atoms with van der Waals surface area (Å²) >= 11 is 7.58. The number of amides is 1. The van der Waals surface area contributed by atoms with E-state index in [1.54, 1.807) is 29.8 Å². The van der Waals surface area contributed by atoms with Gasteiger partial charge in [-0.15, -0.1) is 17.9 Å². The van der Waals surface area contributed by atoms with Crippen molar-refractivity contribution in [3.63, 3.8) is 0 Å². The van der Waals surface area contributed by atoms with E-state index >= 15 is 0 Å². The summed E-state index contributed by atoms with van der Waals surface area (Å²) in [6, 6.07) is 14.7. The summed E-state index contributed by atoms with van der Waals surface area (Å²) in [7, 11) is 0. The van der Waals surface area contributed by atoms with E-state index in [-0.39, 0.29) is 5.57 Å². The van der Waals surface area contributed by atoms with Crippen LogP contribution in [-0.4, -0.2) is 24.1 Å². The minimum absolute atomic E-state index is 0.0588. The molecule has 0 fully saturated rings. The number of hydrogen-bond acceptors (Lipinski definition) is 6. The van der Waals surface area contributed by atoms with E-state index in [9.17, 15) is 10.1 Å². The van der Waals surface area contributed by atoms with E-state index in [2.05, 4.69) is 16.9 Å². The largest absolute Gasteiger partial charge is 0.490 e. The van der Waals surface area contributed by atoms with Crippen LogP contribution >= 0.6 is 22.9 Å². The second kappa shape index (κ2) is 11.7. The number of rotatable bonds is 10. The van der Waals surface area contributed by atoms with Crippen molar-refractivity contribution in [3.05, 3.63) is 88.4 Å². The summed E-state index contributed by atoms with van der Waals surface area (Å²) < 4.78 is 11.5. The van der Waals surface area contributed by atoms with Crippen molar-refractivity contribution in [3.8, 4) is 17.6 Å². The van der Waals surface area contributed by atoms with E-state index in [1.807, 2.05) is 36.4 Å². The molecule has 6 nitrogen and oxygen atoms in total. The van der Waals surface area contributed by atoms with Crippen LogP contribution in [0.5, 0.6) is 11.5 Å². The first-order valence-electron chi connectivity index (χ1n) is 9.67. The Bertz CT molecular complexity index is 1150. The first-order chi connectivity index (χ1) is 15.6. The number of carbonyl (C=O) groups is 1. The van der Waals surface area contributed by atoms with Crippen molar-refractivity contribution < 1.29 is 14.3 Å². The molecule has 1 heterocycles. The molecular weight excluding hydrogens is 446 g/mol. The SMILES string of the molecule is C=CCc1ccccc1OCCOc1ccc(C=C(C#N)C(=O)Nc2nccs2)cc1Cl. The van der Waals surface area contributed by atoms with Gasteiger partial charge in [0.05, 0.1) is 5.02 Å². The van der Waals surface area contributed by atoms with Crippen LogP contribution in [0.15, 0.2) is 72.3 Å². The Morgan fingerprint density at radius 2 is 2.00 bits per heavy atom. The molecule has 1 N–H and O–H groups in total. The quantitative estimate of drug-likeness (QED) is 0.184. The molecule has 32 heavy (non-hydrogen) atoms. The molecule has 0 saturated carbocycles. The van der Waals surface area contributed by atoms with Gasteiger partial charge in [-0.25, -0.2) is 4.98 Å². The number of aromatic nitrogens is 1. The number of allylic oxidation sites excluding steroid dienone is 1. The number of benzene rings is 2. The third-order valence-electron chi connectivity index (χ3n) is 4.22. The Morgan fingerprint density at radius 1 is 1.22 bits per heavy atom. The van der Waals surface area contributed by atoms with Crippen LogP contribution < -0.4 is 14.8 Å². The van der Waals surface area contributed by atoms with Gasteiger partial charge in [0.25, 0.3) is 5.91 Å². The number of anilines is 1. The second-order valence-electron chi connectivity index (χ2n) is 6.45. The molecule has 2 aromatic carbocycles. The van der Waals surface area contributed by atoms with Crippen LogP contribution in [0.4, 0.5) is 5.13 Å². The van der Waals surface area contributed by atoms with Gasteiger partial charge in [0.1, 0.15) is 36.4 Å². The topological polar surface area (TPSA) is 84.2 Å². The molecule has 0 unspecified atom stereocenters. The third-order valence-corrected chi connectivity index (χ3v) is 5.20. The lowest BCUT2D eigenvalue weighted by Gasteiger charge is -2.12. The van der Waals surface area contributed by atoms with Crippen LogP contribution in [0, 0.1) is 11.3 Å². The molecule has 1 amide bonds. The zero-order valence-electron chi connectivity index (χ0n) is 17.1. The maximum atomic E-state index is 12.2. The Balaban J connectivity index is 1.57. The second-order valence-corrected chi connectivity index (χ2v) is 7.75. The predicted octanol–water partition coefficient (Wildman–Crippen LogP) is 5.53. The minimum atomic E-state index is -0.534. The zero-order chi connectivity index (χ0) is 22.8. The molecule has 0 aliphatic heterocycles. The number of para-hydroxylation sites is 1. The summed E-state index contributed by atoms with van der Waals surface area (Å²) in [5.74, 6) is 0.743. The van der Waals surface area contributed by atoms with Gasteiger partial charge in [-0.05, 0) is 41.8 Å². The fourth-order valence-corrected chi connectivity index (χ4v) is 3.53. The van der Waals surface area contributed by atoms with E-state index < -0.39 is 5.91 Å². The molecule has 0 atom stereocenters. The minimum Gasteiger partial charge on any atom is -0.490 e. The first kappa shape index (κ1) is 23.1. The number of nitrogens with zero attached hydrogens (tertiary/aromatic N) is 2. The lowest BCUT2D eigenvalue weighted by Crippen LogP contribution is -2.13. The van der Waals surface area contributed by atoms with Crippen molar-refractivity contribution in [2.24, 2.45) is 0 Å². The van der Waals surface area contributed by atoms with Gasteiger partial charge in [-0.2, -0.15) is 5.26 Å². The van der Waals surface area contributed by atoms with Crippen molar-refractivity contribution in [2.45, 2.75) is 6.42 Å². The van der Waals surface area contributed by atoms with E-state index in [4.69, 9.17) is 21.1 Å². The van der Waals surface area contributed by atoms with Gasteiger partial charge >= 0.3 is 0 Å². The molecule has 1 aromatic heterocycles. The Hall–Kier alpha value is -3.60. The average molecular weight is 466 g/mol. The number of hydrogen-bond donors (Lipinski definition) is 1. The summed E-state index contributed by atoms with van der Waals surface area (Å²) in [4.78, 5) is 16.2. The molecule has 3 rings (SSSR count). The zero-order valence-corrected chi connectivity index (χ0v) is 18.7. The molecular formula is C24H20ClN3O3S. The lowest BCUT2D eigenvalue weighted by atomic mass is 10.1. The number of nitrogens with one attached hydrogen (secondary N) is 1. The Morgan fingerprint density at radius 3 is 2.69 bits per heavy atom. The highest BCUT2D eigenvalue weighted by molar-refractivity contribution is 7.13. The van der Waals surface area contributed by atoms with Crippen LogP contribution in [-0.2, 0) is 11.2 Å². The highest BCUT2D eigenvalue weighted by atomic mass is 35.5. The molecule has 3 aromatic rings. The standard InChI is InChI=1S/C24H20ClN3O3S/c1-2-5-18-6-3-4-7-21(18)30-11-12-31-22-9-8-17(15-20(22)25)14-19(16-26)23(29)28-24-27-10-13-32-24/h2-4,6-10,13-15H,1,5,11-12H2,(H,27,28,29). The number of carbonyl (C=O) groups excluding carboxylic acids is 1. The maximum Gasteiger partial charge on any atom is 0.268 e. The number of halogens is 1. The number of nitriles is 1. The third kappa shape index (κ3) is 6.45. The molecule has 8 heteroatoms. The van der Waals surface area contributed by atoms with Gasteiger partial charge in [-0.3, -0.25) is 10.1 Å². The number of ether oxygens (including phenoxy) is 2. The van der Waals surface area contributed by atoms with Crippen LogP contribution in [0.3, 0.4) is 0 Å². The van der Waals surface area contributed by atoms with E-state index in [0.717, 1.165) is 17.7 Å². The van der Waals surface area contributed by atoms with Gasteiger partial charge < -0.3 is 9.47 Å². The highest BCUT2D eigenvalue weighted by Gasteiger charge is 2.11. The molecule has 0 radical (unpaired) electrons. The molecule has 0 saturated heterocycles. The summed E-state index contributed by atoms with van der Waals surface area (Å²) in [5.41, 5.74) is 1.60. The van der Waals surface area contributed by atoms with Crippen molar-refractivity contribution in [2.75, 3.05) is 18.5 Å². The maximum absolute atomic E-state index is 12.2. The molecule has 0 aliphatic carbocycles. The molecule has 162 valence electrons. The van der Waals surface area contributed by atoms with Gasteiger partial charge in [0.2, 0.25) is 0 Å². The average Bonchev–Trinajstić information content (AvgIpc) is 3.30. The summed E-state index contributed by atoms with van der Waals surface area (Å²) in [6.07, 6.45) is 5.58. The van der Waals surface area contributed by atoms with E-state index in [0.29, 0.717) is 34.7 Å². The van der Waals surface area contributed by atoms with Gasteiger partial charge in [0.15, 0.2) is 5.13 Å². The first-order valence-corrected chi connectivity index (χ1v) is 10.9. The number of thiazole rings is 1. The fourth-order valence-electron chi connectivity index (χ4n) is 2.76. The van der Waals surface area contributed by atoms with Crippen molar-refractivity contribution >= 4 is 40.1 Å². The van der Waals surface area contributed by atoms with Crippen LogP contribution in [0.1, 0.15) is 11.1 Å². The fraction of sp³-hybridized carbons (Fsp3) is 0.125. The summed E-state index contributed by atoms with van der Waals surface area (Å²) in [6.45, 7) is 4.41. The lowest BCUT2D eigenvalue weighted by molar-refractivity contribution is -0.112. The summed E-state index contributed by atoms with van der Waals surface area (Å²) in [5, 5.41) is 14.4. The predicted molar refractivity (Wildman–Crippen MR) is 127 cm³/mol. The molecule has 0 aliphatic rings. The highest BCUT2D eigenvalue weighted by Crippen LogP contribution is 2.27. The van der Waals surface area contributed by atoms with E-state index in [1.165, 1.54) is 17.4 Å². The van der Waals surface area contributed by atoms with Gasteiger partial charge in [-0.1, -0.05) is 41.9 Å². The molecule has 0 bridgehead atoms. The Kier molecular flexibility index (Phi) is 8.44. The smallest absolute Gasteiger partial charge is 0.268 e. The van der Waals surface area contributed by atoms with Crippen LogP contribution in [0.2, 0.25) is 5.02 Å². The monoisotopic (exact) mass is 465 g/mol. The van der Waals surface area contributed by atoms with Crippen molar-refractivity contribution in [1.82, 2.24) is 4.98 Å². The van der Waals surface area contributed by atoms with Gasteiger partial charge in [0, 0.05) is 11.6 Å². The van der Waals surface area contributed by atoms with Crippen molar-refractivity contribution in [1.29, 1.82) is 5.26 Å². The molecule has 0 spiro atoms. The normalized spacial score (nSPS) is 10.8.